The van der Waals surface area contributed by atoms with Crippen LogP contribution in [0.15, 0.2) is 10.6 Å². The summed E-state index contributed by atoms with van der Waals surface area (Å²) in [6, 6.07) is 1.38. The van der Waals surface area contributed by atoms with E-state index < -0.39 is 23.4 Å². The van der Waals surface area contributed by atoms with Crippen molar-refractivity contribution < 1.29 is 36.8 Å². The smallest absolute Gasteiger partial charge is 0.437 e. The third-order valence-corrected chi connectivity index (χ3v) is 4.73. The highest BCUT2D eigenvalue weighted by molar-refractivity contribution is 5.87. The first-order chi connectivity index (χ1) is 14.9. The lowest BCUT2D eigenvalue weighted by molar-refractivity contribution is -0.159. The van der Waals surface area contributed by atoms with E-state index in [0.717, 1.165) is 0 Å². The van der Waals surface area contributed by atoms with Gasteiger partial charge in [-0.2, -0.15) is 13.2 Å². The van der Waals surface area contributed by atoms with Gasteiger partial charge >= 0.3 is 12.1 Å². The van der Waals surface area contributed by atoms with Gasteiger partial charge in [-0.25, -0.2) is 4.79 Å². The van der Waals surface area contributed by atoms with Gasteiger partial charge in [0.15, 0.2) is 16.9 Å². The second-order valence-corrected chi connectivity index (χ2v) is 7.98. The molecule has 7 nitrogen and oxygen atoms in total. The van der Waals surface area contributed by atoms with E-state index in [-0.39, 0.29) is 30.0 Å². The zero-order valence-corrected chi connectivity index (χ0v) is 18.9. The Morgan fingerprint density at radius 1 is 1.16 bits per heavy atom. The number of hydrogen-bond donors (Lipinski definition) is 1. The Labute approximate surface area is 184 Å². The van der Waals surface area contributed by atoms with Crippen LogP contribution in [-0.2, 0) is 33.3 Å². The zero-order valence-electron chi connectivity index (χ0n) is 18.9. The molecule has 0 bridgehead atoms. The van der Waals surface area contributed by atoms with Crippen molar-refractivity contribution in [3.63, 3.8) is 0 Å². The van der Waals surface area contributed by atoms with Gasteiger partial charge in [-0.3, -0.25) is 4.79 Å². The van der Waals surface area contributed by atoms with E-state index in [1.807, 2.05) is 13.8 Å². The monoisotopic (exact) mass is 458 g/mol. The average Bonchev–Trinajstić information content (AvgIpc) is 3.11. The van der Waals surface area contributed by atoms with Crippen molar-refractivity contribution in [1.29, 1.82) is 0 Å². The maximum atomic E-state index is 13.4. The first-order valence-corrected chi connectivity index (χ1v) is 10.5. The number of carbonyl (C=O) groups excluding carboxylic acids is 2. The third kappa shape index (κ3) is 5.92. The second-order valence-electron chi connectivity index (χ2n) is 7.98. The van der Waals surface area contributed by atoms with Crippen molar-refractivity contribution in [2.24, 2.45) is 0 Å². The summed E-state index contributed by atoms with van der Waals surface area (Å²) < 4.78 is 56.6. The lowest BCUT2D eigenvalue weighted by Crippen LogP contribution is -2.41. The normalized spacial score (nSPS) is 12.1. The van der Waals surface area contributed by atoms with Gasteiger partial charge in [0.05, 0.1) is 11.9 Å². The largest absolute Gasteiger partial charge is 0.475 e. The number of benzene rings is 1. The molecule has 0 aliphatic carbocycles. The van der Waals surface area contributed by atoms with Crippen molar-refractivity contribution in [2.45, 2.75) is 72.1 Å². The van der Waals surface area contributed by atoms with E-state index in [4.69, 9.17) is 14.0 Å². The quantitative estimate of drug-likeness (QED) is 0.414. The Bertz CT molecular complexity index is 967. The number of esters is 1. The Morgan fingerprint density at radius 3 is 2.38 bits per heavy atom. The number of amides is 1. The number of alkyl halides is 3. The standard InChI is InChI=1S/C22H29F3N2O5/c1-6-8-14-12-16-18(32-27-19(16)22(23,24)25)15(9-7-2)17(14)31-21(4,5)20(29)30-11-10-26-13(3)28/h12H,6-11H2,1-5H3,(H,26,28). The predicted molar refractivity (Wildman–Crippen MR) is 111 cm³/mol. The highest BCUT2D eigenvalue weighted by atomic mass is 19.4. The van der Waals surface area contributed by atoms with E-state index in [9.17, 15) is 22.8 Å². The van der Waals surface area contributed by atoms with Crippen LogP contribution in [0.1, 0.15) is 64.3 Å². The van der Waals surface area contributed by atoms with Crippen LogP contribution in [0, 0.1) is 0 Å². The first-order valence-electron chi connectivity index (χ1n) is 10.5. The molecule has 2 rings (SSSR count). The molecule has 0 atom stereocenters. The van der Waals surface area contributed by atoms with Crippen molar-refractivity contribution in [3.8, 4) is 5.75 Å². The maximum absolute atomic E-state index is 13.4. The van der Waals surface area contributed by atoms with Gasteiger partial charge in [0, 0.05) is 12.5 Å². The molecule has 2 aromatic rings. The van der Waals surface area contributed by atoms with Crippen LogP contribution < -0.4 is 10.1 Å². The number of carbonyl (C=O) groups is 2. The zero-order chi connectivity index (χ0) is 24.1. The number of fused-ring (bicyclic) bond motifs is 1. The van der Waals surface area contributed by atoms with Gasteiger partial charge in [0.2, 0.25) is 5.91 Å². The molecule has 10 heteroatoms. The molecule has 0 saturated carbocycles. The molecule has 0 spiro atoms. The van der Waals surface area contributed by atoms with E-state index >= 15 is 0 Å². The molecule has 178 valence electrons. The number of nitrogens with one attached hydrogen (secondary N) is 1. The first kappa shape index (κ1) is 25.5. The van der Waals surface area contributed by atoms with Crippen molar-refractivity contribution in [1.82, 2.24) is 10.5 Å². The summed E-state index contributed by atoms with van der Waals surface area (Å²) in [5.41, 5.74) is -1.53. The maximum Gasteiger partial charge on any atom is 0.437 e. The lowest BCUT2D eigenvalue weighted by Gasteiger charge is -2.27. The number of rotatable bonds is 10. The minimum Gasteiger partial charge on any atom is -0.475 e. The van der Waals surface area contributed by atoms with E-state index in [1.165, 1.54) is 26.8 Å². The number of hydrogen-bond acceptors (Lipinski definition) is 6. The fourth-order valence-electron chi connectivity index (χ4n) is 3.29. The Morgan fingerprint density at radius 2 is 1.81 bits per heavy atom. The summed E-state index contributed by atoms with van der Waals surface area (Å²) in [7, 11) is 0. The molecule has 0 unspecified atom stereocenters. The molecular formula is C22H29F3N2O5. The number of aryl methyl sites for hydroxylation is 2. The molecular weight excluding hydrogens is 429 g/mol. The third-order valence-electron chi connectivity index (χ3n) is 4.73. The van der Waals surface area contributed by atoms with Crippen LogP contribution in [0.2, 0.25) is 0 Å². The topological polar surface area (TPSA) is 90.7 Å². The molecule has 1 aromatic carbocycles. The van der Waals surface area contributed by atoms with Gasteiger partial charge in [-0.1, -0.05) is 31.8 Å². The van der Waals surface area contributed by atoms with Gasteiger partial charge in [-0.05, 0) is 38.3 Å². The highest BCUT2D eigenvalue weighted by Gasteiger charge is 2.39. The molecule has 32 heavy (non-hydrogen) atoms. The van der Waals surface area contributed by atoms with Crippen LogP contribution in [-0.4, -0.2) is 35.8 Å². The van der Waals surface area contributed by atoms with Crippen LogP contribution in [0.4, 0.5) is 13.2 Å². The molecule has 1 aromatic heterocycles. The van der Waals surface area contributed by atoms with E-state index in [0.29, 0.717) is 42.6 Å². The Hall–Kier alpha value is -2.78. The summed E-state index contributed by atoms with van der Waals surface area (Å²) in [5.74, 6) is -0.597. The molecule has 0 aliphatic heterocycles. The summed E-state index contributed by atoms with van der Waals surface area (Å²) in [5, 5.41) is 5.67. The SMILES string of the molecule is CCCc1cc2c(C(F)(F)F)noc2c(CCC)c1OC(C)(C)C(=O)OCCNC(C)=O. The minimum atomic E-state index is -4.66. The molecule has 1 amide bonds. The number of aromatic nitrogens is 1. The Kier molecular flexibility index (Phi) is 8.14. The molecule has 0 saturated heterocycles. The predicted octanol–water partition coefficient (Wildman–Crippen LogP) is 4.59. The van der Waals surface area contributed by atoms with Crippen LogP contribution in [0.3, 0.4) is 0 Å². The highest BCUT2D eigenvalue weighted by Crippen LogP contribution is 2.41. The minimum absolute atomic E-state index is 0.00357. The summed E-state index contributed by atoms with van der Waals surface area (Å²) in [6.07, 6.45) is -2.56. The number of halogens is 3. The second kappa shape index (κ2) is 10.2. The molecule has 0 aliphatic rings. The van der Waals surface area contributed by atoms with Crippen molar-refractivity contribution in [2.75, 3.05) is 13.2 Å². The number of nitrogens with zero attached hydrogens (tertiary/aromatic N) is 1. The average molecular weight is 458 g/mol. The Balaban J connectivity index is 2.46. The van der Waals surface area contributed by atoms with Gasteiger partial charge in [0.25, 0.3) is 0 Å². The fourth-order valence-corrected chi connectivity index (χ4v) is 3.29. The van der Waals surface area contributed by atoms with Gasteiger partial charge in [0.1, 0.15) is 12.4 Å². The molecule has 1 heterocycles. The van der Waals surface area contributed by atoms with Crippen molar-refractivity contribution in [3.05, 3.63) is 22.9 Å². The summed E-state index contributed by atoms with van der Waals surface area (Å²) in [6.45, 7) is 8.28. The summed E-state index contributed by atoms with van der Waals surface area (Å²) in [4.78, 5) is 23.5. The molecule has 1 N–H and O–H groups in total. The lowest BCUT2D eigenvalue weighted by atomic mass is 9.97. The van der Waals surface area contributed by atoms with Crippen LogP contribution in [0.5, 0.6) is 5.75 Å². The van der Waals surface area contributed by atoms with Gasteiger partial charge in [-0.15, -0.1) is 0 Å². The number of ether oxygens (including phenoxy) is 2. The van der Waals surface area contributed by atoms with Crippen LogP contribution in [0.25, 0.3) is 11.0 Å². The molecule has 0 fully saturated rings. The fraction of sp³-hybridized carbons (Fsp3) is 0.591. The summed E-state index contributed by atoms with van der Waals surface area (Å²) >= 11 is 0. The van der Waals surface area contributed by atoms with Crippen LogP contribution >= 0.6 is 0 Å². The van der Waals surface area contributed by atoms with E-state index in [1.54, 1.807) is 0 Å². The van der Waals surface area contributed by atoms with E-state index in [2.05, 4.69) is 10.5 Å². The van der Waals surface area contributed by atoms with Gasteiger partial charge < -0.3 is 19.3 Å². The molecule has 0 radical (unpaired) electrons. The van der Waals surface area contributed by atoms with Crippen molar-refractivity contribution >= 4 is 22.8 Å².